The number of fused-ring (bicyclic) bond motifs is 1. The topological polar surface area (TPSA) is 69.7 Å². The van der Waals surface area contributed by atoms with Crippen LogP contribution in [0.15, 0.2) is 42.5 Å². The monoisotopic (exact) mass is 377 g/mol. The van der Waals surface area contributed by atoms with E-state index in [2.05, 4.69) is 10.2 Å². The van der Waals surface area contributed by atoms with Gasteiger partial charge in [0.1, 0.15) is 0 Å². The van der Waals surface area contributed by atoms with Crippen LogP contribution in [0.25, 0.3) is 0 Å². The summed E-state index contributed by atoms with van der Waals surface area (Å²) in [7, 11) is 0. The van der Waals surface area contributed by atoms with Gasteiger partial charge in [0.2, 0.25) is 0 Å². The van der Waals surface area contributed by atoms with Gasteiger partial charge in [-0.1, -0.05) is 17.7 Å². The smallest absolute Gasteiger partial charge is 0.266 e. The Bertz CT molecular complexity index is 931. The van der Waals surface area contributed by atoms with E-state index in [9.17, 15) is 14.4 Å². The van der Waals surface area contributed by atoms with Gasteiger partial charge in [-0.2, -0.15) is 0 Å². The molecule has 4 rings (SSSR count). The van der Waals surface area contributed by atoms with Crippen LogP contribution < -0.4 is 10.2 Å². The zero-order valence-electron chi connectivity index (χ0n) is 15.9. The van der Waals surface area contributed by atoms with Crippen molar-refractivity contribution in [1.82, 2.24) is 10.2 Å². The van der Waals surface area contributed by atoms with Gasteiger partial charge in [-0.25, -0.2) is 4.90 Å². The molecule has 0 aliphatic carbocycles. The fourth-order valence-electron chi connectivity index (χ4n) is 3.75. The Labute approximate surface area is 164 Å². The number of anilines is 1. The third-order valence-electron chi connectivity index (χ3n) is 5.35. The summed E-state index contributed by atoms with van der Waals surface area (Å²) >= 11 is 0. The minimum atomic E-state index is -0.393. The molecule has 2 aliphatic rings. The van der Waals surface area contributed by atoms with Gasteiger partial charge in [0.05, 0.1) is 16.8 Å². The molecule has 144 valence electrons. The molecule has 3 amide bonds. The summed E-state index contributed by atoms with van der Waals surface area (Å²) in [5, 5.41) is 2.90. The number of benzene rings is 2. The lowest BCUT2D eigenvalue weighted by Crippen LogP contribution is -2.33. The third-order valence-corrected chi connectivity index (χ3v) is 5.35. The fourth-order valence-corrected chi connectivity index (χ4v) is 3.75. The predicted octanol–water partition coefficient (Wildman–Crippen LogP) is 2.62. The molecular formula is C22H23N3O3. The van der Waals surface area contributed by atoms with Gasteiger partial charge in [-0.3, -0.25) is 14.4 Å². The molecule has 6 heteroatoms. The van der Waals surface area contributed by atoms with Crippen molar-refractivity contribution in [2.24, 2.45) is 0 Å². The number of carbonyl (C=O) groups excluding carboxylic acids is 3. The van der Waals surface area contributed by atoms with Crippen molar-refractivity contribution in [3.05, 3.63) is 64.7 Å². The molecule has 0 saturated carbocycles. The van der Waals surface area contributed by atoms with E-state index >= 15 is 0 Å². The van der Waals surface area contributed by atoms with Crippen LogP contribution in [0.5, 0.6) is 0 Å². The van der Waals surface area contributed by atoms with Crippen molar-refractivity contribution in [3.8, 4) is 0 Å². The number of hydrogen-bond donors (Lipinski definition) is 1. The standard InChI is InChI=1S/C22H23N3O3/c1-15-4-7-17(8-5-15)25-21(27)18-9-6-16(14-19(18)22(25)28)20(26)23-10-13-24-11-2-3-12-24/h4-9,14H,2-3,10-13H2,1H3,(H,23,26). The average molecular weight is 377 g/mol. The Balaban J connectivity index is 1.48. The second-order valence-electron chi connectivity index (χ2n) is 7.35. The number of hydrogen-bond acceptors (Lipinski definition) is 4. The minimum absolute atomic E-state index is 0.226. The molecule has 2 aliphatic heterocycles. The first-order valence-corrected chi connectivity index (χ1v) is 9.64. The number of rotatable bonds is 5. The first-order chi connectivity index (χ1) is 13.5. The molecule has 0 unspecified atom stereocenters. The summed E-state index contributed by atoms with van der Waals surface area (Å²) in [6, 6.07) is 11.9. The molecule has 2 heterocycles. The number of likely N-dealkylation sites (tertiary alicyclic amines) is 1. The zero-order chi connectivity index (χ0) is 19.7. The second kappa shape index (κ2) is 7.56. The summed E-state index contributed by atoms with van der Waals surface area (Å²) in [6.45, 7) is 5.51. The van der Waals surface area contributed by atoms with E-state index in [0.29, 0.717) is 23.4 Å². The van der Waals surface area contributed by atoms with Crippen LogP contribution in [-0.2, 0) is 0 Å². The number of imide groups is 1. The van der Waals surface area contributed by atoms with E-state index in [1.54, 1.807) is 24.3 Å². The lowest BCUT2D eigenvalue weighted by atomic mass is 10.1. The molecule has 28 heavy (non-hydrogen) atoms. The summed E-state index contributed by atoms with van der Waals surface area (Å²) < 4.78 is 0. The maximum absolute atomic E-state index is 12.8. The van der Waals surface area contributed by atoms with E-state index in [1.165, 1.54) is 23.8 Å². The van der Waals surface area contributed by atoms with E-state index < -0.39 is 5.91 Å². The fraction of sp³-hybridized carbons (Fsp3) is 0.318. The van der Waals surface area contributed by atoms with Crippen LogP contribution >= 0.6 is 0 Å². The lowest BCUT2D eigenvalue weighted by Gasteiger charge is -2.14. The molecule has 0 radical (unpaired) electrons. The highest BCUT2D eigenvalue weighted by Gasteiger charge is 2.37. The first-order valence-electron chi connectivity index (χ1n) is 9.64. The van der Waals surface area contributed by atoms with Crippen molar-refractivity contribution < 1.29 is 14.4 Å². The molecule has 2 aromatic rings. The zero-order valence-corrected chi connectivity index (χ0v) is 15.9. The number of nitrogens with zero attached hydrogens (tertiary/aromatic N) is 2. The maximum atomic E-state index is 12.8. The summed E-state index contributed by atoms with van der Waals surface area (Å²) in [4.78, 5) is 41.5. The van der Waals surface area contributed by atoms with Gasteiger partial charge in [-0.05, 0) is 63.2 Å². The average Bonchev–Trinajstić information content (AvgIpc) is 3.30. The van der Waals surface area contributed by atoms with Crippen LogP contribution in [0.3, 0.4) is 0 Å². The Kier molecular flexibility index (Phi) is 4.96. The van der Waals surface area contributed by atoms with Crippen LogP contribution in [0, 0.1) is 6.92 Å². The number of amides is 3. The Morgan fingerprint density at radius 2 is 1.64 bits per heavy atom. The van der Waals surface area contributed by atoms with E-state index in [4.69, 9.17) is 0 Å². The Morgan fingerprint density at radius 1 is 0.964 bits per heavy atom. The van der Waals surface area contributed by atoms with E-state index in [-0.39, 0.29) is 17.4 Å². The molecule has 0 bridgehead atoms. The number of nitrogens with one attached hydrogen (secondary N) is 1. The SMILES string of the molecule is Cc1ccc(N2C(=O)c3ccc(C(=O)NCCN4CCCC4)cc3C2=O)cc1. The summed E-state index contributed by atoms with van der Waals surface area (Å²) in [5.41, 5.74) is 2.59. The molecule has 0 spiro atoms. The molecule has 1 fully saturated rings. The van der Waals surface area contributed by atoms with Gasteiger partial charge < -0.3 is 10.2 Å². The van der Waals surface area contributed by atoms with Gasteiger partial charge in [0, 0.05) is 18.7 Å². The summed E-state index contributed by atoms with van der Waals surface area (Å²) in [6.07, 6.45) is 2.43. The normalized spacial score (nSPS) is 16.5. The highest BCUT2D eigenvalue weighted by molar-refractivity contribution is 6.34. The van der Waals surface area contributed by atoms with Crippen LogP contribution in [0.2, 0.25) is 0 Å². The molecule has 6 nitrogen and oxygen atoms in total. The third kappa shape index (κ3) is 3.43. The molecular weight excluding hydrogens is 354 g/mol. The minimum Gasteiger partial charge on any atom is -0.351 e. The molecule has 0 atom stereocenters. The van der Waals surface area contributed by atoms with Crippen LogP contribution in [0.1, 0.15) is 49.5 Å². The number of aryl methyl sites for hydroxylation is 1. The van der Waals surface area contributed by atoms with Crippen LogP contribution in [0.4, 0.5) is 5.69 Å². The van der Waals surface area contributed by atoms with Crippen molar-refractivity contribution in [3.63, 3.8) is 0 Å². The Hall–Kier alpha value is -2.99. The maximum Gasteiger partial charge on any atom is 0.266 e. The highest BCUT2D eigenvalue weighted by Crippen LogP contribution is 2.29. The van der Waals surface area contributed by atoms with Crippen LogP contribution in [-0.4, -0.2) is 48.8 Å². The van der Waals surface area contributed by atoms with Gasteiger partial charge in [0.25, 0.3) is 17.7 Å². The van der Waals surface area contributed by atoms with E-state index in [1.807, 2.05) is 19.1 Å². The van der Waals surface area contributed by atoms with Gasteiger partial charge >= 0.3 is 0 Å². The van der Waals surface area contributed by atoms with Gasteiger partial charge in [-0.15, -0.1) is 0 Å². The lowest BCUT2D eigenvalue weighted by molar-refractivity contribution is 0.0923. The van der Waals surface area contributed by atoms with Crippen molar-refractivity contribution in [2.75, 3.05) is 31.1 Å². The van der Waals surface area contributed by atoms with Gasteiger partial charge in [0.15, 0.2) is 0 Å². The summed E-state index contributed by atoms with van der Waals surface area (Å²) in [5.74, 6) is -0.976. The first kappa shape index (κ1) is 18.4. The quantitative estimate of drug-likeness (QED) is 0.814. The molecule has 1 N–H and O–H groups in total. The molecule has 1 saturated heterocycles. The number of carbonyl (C=O) groups is 3. The van der Waals surface area contributed by atoms with Crippen molar-refractivity contribution in [1.29, 1.82) is 0 Å². The second-order valence-corrected chi connectivity index (χ2v) is 7.35. The molecule has 0 aromatic heterocycles. The van der Waals surface area contributed by atoms with Crippen molar-refractivity contribution >= 4 is 23.4 Å². The van der Waals surface area contributed by atoms with Crippen molar-refractivity contribution in [2.45, 2.75) is 19.8 Å². The molecule has 2 aromatic carbocycles. The predicted molar refractivity (Wildman–Crippen MR) is 107 cm³/mol. The highest BCUT2D eigenvalue weighted by atomic mass is 16.2. The Morgan fingerprint density at radius 3 is 2.36 bits per heavy atom. The largest absolute Gasteiger partial charge is 0.351 e. The van der Waals surface area contributed by atoms with E-state index in [0.717, 1.165) is 25.2 Å².